The molecule has 5 nitrogen and oxygen atoms in total. The minimum atomic E-state index is -0.306. The van der Waals surface area contributed by atoms with Crippen LogP contribution in [0, 0.1) is 0 Å². The summed E-state index contributed by atoms with van der Waals surface area (Å²) in [6, 6.07) is 5.27. The van der Waals surface area contributed by atoms with Crippen LogP contribution in [-0.4, -0.2) is 21.7 Å². The van der Waals surface area contributed by atoms with E-state index < -0.39 is 0 Å². The van der Waals surface area contributed by atoms with Gasteiger partial charge in [-0.15, -0.1) is 0 Å². The van der Waals surface area contributed by atoms with Crippen molar-refractivity contribution in [1.82, 2.24) is 15.1 Å². The number of rotatable bonds is 5. The van der Waals surface area contributed by atoms with Crippen LogP contribution in [0.4, 0.5) is 0 Å². The first-order valence-electron chi connectivity index (χ1n) is 5.98. The van der Waals surface area contributed by atoms with Gasteiger partial charge < -0.3 is 9.73 Å². The molecule has 0 aliphatic rings. The monoisotopic (exact) mass is 247 g/mol. The number of carbonyl (C=O) groups excluding carboxylic acids is 1. The van der Waals surface area contributed by atoms with Crippen LogP contribution in [0.15, 0.2) is 41.3 Å². The SMILES string of the molecule is C[C@H](Cc1ccco1)NC(=O)[C@H](C)n1cccn1. The lowest BCUT2D eigenvalue weighted by Crippen LogP contribution is -2.38. The number of amides is 1. The Morgan fingerprint density at radius 3 is 2.94 bits per heavy atom. The number of carbonyl (C=O) groups is 1. The smallest absolute Gasteiger partial charge is 0.244 e. The molecule has 2 rings (SSSR count). The third-order valence-corrected chi connectivity index (χ3v) is 2.78. The Hall–Kier alpha value is -2.04. The largest absolute Gasteiger partial charge is 0.469 e. The topological polar surface area (TPSA) is 60.1 Å². The fraction of sp³-hybridized carbons (Fsp3) is 0.385. The molecule has 0 fully saturated rings. The van der Waals surface area contributed by atoms with Crippen LogP contribution in [-0.2, 0) is 11.2 Å². The van der Waals surface area contributed by atoms with Crippen molar-refractivity contribution in [3.63, 3.8) is 0 Å². The number of furan rings is 1. The molecule has 0 bridgehead atoms. The van der Waals surface area contributed by atoms with E-state index in [2.05, 4.69) is 10.4 Å². The van der Waals surface area contributed by atoms with Gasteiger partial charge in [-0.05, 0) is 32.0 Å². The number of hydrogen-bond acceptors (Lipinski definition) is 3. The average Bonchev–Trinajstić information content (AvgIpc) is 2.99. The molecular formula is C13H17N3O2. The van der Waals surface area contributed by atoms with Crippen LogP contribution in [0.2, 0.25) is 0 Å². The highest BCUT2D eigenvalue weighted by atomic mass is 16.3. The molecule has 0 aliphatic carbocycles. The van der Waals surface area contributed by atoms with Crippen molar-refractivity contribution in [2.75, 3.05) is 0 Å². The zero-order valence-electron chi connectivity index (χ0n) is 10.5. The summed E-state index contributed by atoms with van der Waals surface area (Å²) in [6.07, 6.45) is 5.76. The fourth-order valence-corrected chi connectivity index (χ4v) is 1.77. The number of hydrogen-bond donors (Lipinski definition) is 1. The Labute approximate surface area is 106 Å². The molecule has 2 heterocycles. The molecule has 0 unspecified atom stereocenters. The van der Waals surface area contributed by atoms with Gasteiger partial charge in [-0.25, -0.2) is 0 Å². The van der Waals surface area contributed by atoms with Crippen LogP contribution >= 0.6 is 0 Å². The molecular weight excluding hydrogens is 230 g/mol. The van der Waals surface area contributed by atoms with Gasteiger partial charge in [0.25, 0.3) is 0 Å². The van der Waals surface area contributed by atoms with Crippen LogP contribution in [0.5, 0.6) is 0 Å². The average molecular weight is 247 g/mol. The van der Waals surface area contributed by atoms with Crippen molar-refractivity contribution < 1.29 is 9.21 Å². The van der Waals surface area contributed by atoms with Crippen LogP contribution in [0.3, 0.4) is 0 Å². The van der Waals surface area contributed by atoms with Crippen molar-refractivity contribution in [3.05, 3.63) is 42.6 Å². The summed E-state index contributed by atoms with van der Waals surface area (Å²) < 4.78 is 6.88. The van der Waals surface area contributed by atoms with Crippen LogP contribution in [0.25, 0.3) is 0 Å². The second-order valence-electron chi connectivity index (χ2n) is 4.36. The summed E-state index contributed by atoms with van der Waals surface area (Å²) in [5.41, 5.74) is 0. The van der Waals surface area contributed by atoms with Gasteiger partial charge in [-0.3, -0.25) is 9.48 Å². The summed E-state index contributed by atoms with van der Waals surface area (Å²) >= 11 is 0. The molecule has 96 valence electrons. The first kappa shape index (κ1) is 12.4. The van der Waals surface area contributed by atoms with E-state index in [1.807, 2.05) is 26.0 Å². The van der Waals surface area contributed by atoms with Gasteiger partial charge in [-0.2, -0.15) is 5.10 Å². The lowest BCUT2D eigenvalue weighted by atomic mass is 10.2. The quantitative estimate of drug-likeness (QED) is 0.876. The molecule has 2 atom stereocenters. The molecule has 0 radical (unpaired) electrons. The van der Waals surface area contributed by atoms with E-state index in [4.69, 9.17) is 4.42 Å². The molecule has 2 aromatic rings. The van der Waals surface area contributed by atoms with E-state index in [9.17, 15) is 4.79 Å². The van der Waals surface area contributed by atoms with E-state index in [1.165, 1.54) is 0 Å². The summed E-state index contributed by atoms with van der Waals surface area (Å²) in [4.78, 5) is 12.0. The Bertz CT molecular complexity index is 476. The fourth-order valence-electron chi connectivity index (χ4n) is 1.77. The molecule has 0 aliphatic heterocycles. The van der Waals surface area contributed by atoms with Gasteiger partial charge in [-0.1, -0.05) is 0 Å². The lowest BCUT2D eigenvalue weighted by Gasteiger charge is -2.17. The number of nitrogens with zero attached hydrogens (tertiary/aromatic N) is 2. The van der Waals surface area contributed by atoms with Crippen LogP contribution in [0.1, 0.15) is 25.6 Å². The van der Waals surface area contributed by atoms with E-state index in [-0.39, 0.29) is 18.0 Å². The van der Waals surface area contributed by atoms with Gasteiger partial charge >= 0.3 is 0 Å². The van der Waals surface area contributed by atoms with E-state index >= 15 is 0 Å². The lowest BCUT2D eigenvalue weighted by molar-refractivity contribution is -0.124. The Balaban J connectivity index is 1.87. The minimum Gasteiger partial charge on any atom is -0.469 e. The normalized spacial score (nSPS) is 14.1. The third-order valence-electron chi connectivity index (χ3n) is 2.78. The van der Waals surface area contributed by atoms with Crippen molar-refractivity contribution in [3.8, 4) is 0 Å². The second-order valence-corrected chi connectivity index (χ2v) is 4.36. The number of nitrogens with one attached hydrogen (secondary N) is 1. The minimum absolute atomic E-state index is 0.0293. The molecule has 1 amide bonds. The van der Waals surface area contributed by atoms with E-state index in [0.29, 0.717) is 6.42 Å². The Morgan fingerprint density at radius 1 is 1.50 bits per heavy atom. The van der Waals surface area contributed by atoms with Crippen molar-refractivity contribution in [2.24, 2.45) is 0 Å². The molecule has 18 heavy (non-hydrogen) atoms. The van der Waals surface area contributed by atoms with E-state index in [1.54, 1.807) is 29.4 Å². The molecule has 2 aromatic heterocycles. The Kier molecular flexibility index (Phi) is 3.82. The molecule has 0 saturated heterocycles. The molecule has 0 spiro atoms. The highest BCUT2D eigenvalue weighted by Gasteiger charge is 2.17. The van der Waals surface area contributed by atoms with Gasteiger partial charge in [0.1, 0.15) is 11.8 Å². The van der Waals surface area contributed by atoms with Gasteiger partial charge in [0, 0.05) is 24.9 Å². The first-order chi connectivity index (χ1) is 8.66. The highest BCUT2D eigenvalue weighted by Crippen LogP contribution is 2.07. The molecule has 0 aromatic carbocycles. The van der Waals surface area contributed by atoms with Crippen molar-refractivity contribution in [1.29, 1.82) is 0 Å². The third kappa shape index (κ3) is 3.00. The van der Waals surface area contributed by atoms with E-state index in [0.717, 1.165) is 5.76 Å². The predicted molar refractivity (Wildman–Crippen MR) is 67.0 cm³/mol. The Morgan fingerprint density at radius 2 is 2.33 bits per heavy atom. The summed E-state index contributed by atoms with van der Waals surface area (Å²) in [7, 11) is 0. The first-order valence-corrected chi connectivity index (χ1v) is 5.98. The molecule has 1 N–H and O–H groups in total. The van der Waals surface area contributed by atoms with Crippen LogP contribution < -0.4 is 5.32 Å². The standard InChI is InChI=1S/C13H17N3O2/c1-10(9-12-5-3-8-18-12)15-13(17)11(2)16-7-4-6-14-16/h3-8,10-11H,9H2,1-2H3,(H,15,17)/t10-,11+/m1/s1. The number of aromatic nitrogens is 2. The molecule has 0 saturated carbocycles. The maximum Gasteiger partial charge on any atom is 0.244 e. The maximum atomic E-state index is 12.0. The van der Waals surface area contributed by atoms with Crippen molar-refractivity contribution in [2.45, 2.75) is 32.4 Å². The predicted octanol–water partition coefficient (Wildman–Crippen LogP) is 1.78. The van der Waals surface area contributed by atoms with Gasteiger partial charge in [0.2, 0.25) is 5.91 Å². The summed E-state index contributed by atoms with van der Waals surface area (Å²) in [6.45, 7) is 3.78. The molecule has 5 heteroatoms. The summed E-state index contributed by atoms with van der Waals surface area (Å²) in [5, 5.41) is 7.00. The van der Waals surface area contributed by atoms with Gasteiger partial charge in [0.05, 0.1) is 6.26 Å². The maximum absolute atomic E-state index is 12.0. The van der Waals surface area contributed by atoms with Crippen molar-refractivity contribution >= 4 is 5.91 Å². The second kappa shape index (κ2) is 5.53. The zero-order valence-corrected chi connectivity index (χ0v) is 10.5. The summed E-state index contributed by atoms with van der Waals surface area (Å²) in [5.74, 6) is 0.826. The van der Waals surface area contributed by atoms with Gasteiger partial charge in [0.15, 0.2) is 0 Å². The zero-order chi connectivity index (χ0) is 13.0. The highest BCUT2D eigenvalue weighted by molar-refractivity contribution is 5.80.